The van der Waals surface area contributed by atoms with E-state index in [0.29, 0.717) is 41.4 Å². The summed E-state index contributed by atoms with van der Waals surface area (Å²) < 4.78 is 43.2. The minimum atomic E-state index is -0.889. The molecule has 33 heavy (non-hydrogen) atoms. The van der Waals surface area contributed by atoms with Crippen LogP contribution >= 0.6 is 0 Å². The summed E-state index contributed by atoms with van der Waals surface area (Å²) in [5.74, 6) is -1.72. The number of nitrogens with one attached hydrogen (secondary N) is 2. The van der Waals surface area contributed by atoms with E-state index in [1.807, 2.05) is 4.90 Å². The van der Waals surface area contributed by atoms with Crippen LogP contribution in [0.5, 0.6) is 0 Å². The van der Waals surface area contributed by atoms with Gasteiger partial charge in [-0.15, -0.1) is 0 Å². The van der Waals surface area contributed by atoms with E-state index in [4.69, 9.17) is 4.98 Å². The van der Waals surface area contributed by atoms with Crippen LogP contribution in [0.3, 0.4) is 0 Å². The Hall–Kier alpha value is -3.66. The molecule has 2 aromatic carbocycles. The summed E-state index contributed by atoms with van der Waals surface area (Å²) in [4.78, 5) is 25.1. The molecule has 2 N–H and O–H groups in total. The second-order valence-corrected chi connectivity index (χ2v) is 7.94. The summed E-state index contributed by atoms with van der Waals surface area (Å²) in [5.41, 5.74) is 1.75. The van der Waals surface area contributed by atoms with Crippen molar-refractivity contribution >= 4 is 23.5 Å². The lowest BCUT2D eigenvalue weighted by Gasteiger charge is -2.33. The third-order valence-electron chi connectivity index (χ3n) is 5.81. The Bertz CT molecular complexity index is 1220. The number of aromatic nitrogens is 2. The standard InChI is InChI=1S/C23H21F3N6O/c1-13-11-14(24)5-6-15(13)19-16-12-28-23(33)32(20-17(25)3-2-4-18(20)26)21(16)30-22(29-19)31-9-7-27-8-10-31/h2-6,11,27H,7-10,12H2,1H3,(H,28,33). The van der Waals surface area contributed by atoms with Gasteiger partial charge in [0, 0.05) is 37.3 Å². The third kappa shape index (κ3) is 3.76. The van der Waals surface area contributed by atoms with Gasteiger partial charge in [0.25, 0.3) is 0 Å². The number of anilines is 3. The van der Waals surface area contributed by atoms with Gasteiger partial charge in [-0.25, -0.2) is 27.8 Å². The van der Waals surface area contributed by atoms with Gasteiger partial charge in [-0.05, 0) is 42.8 Å². The molecule has 0 aliphatic carbocycles. The number of fused-ring (bicyclic) bond motifs is 1. The number of hydrogen-bond acceptors (Lipinski definition) is 5. The first-order valence-electron chi connectivity index (χ1n) is 10.6. The van der Waals surface area contributed by atoms with E-state index in [0.717, 1.165) is 30.1 Å². The van der Waals surface area contributed by atoms with Gasteiger partial charge in [0.05, 0.1) is 12.2 Å². The maximum Gasteiger partial charge on any atom is 0.328 e. The van der Waals surface area contributed by atoms with Crippen molar-refractivity contribution in [3.05, 3.63) is 65.0 Å². The van der Waals surface area contributed by atoms with Gasteiger partial charge >= 0.3 is 6.03 Å². The van der Waals surface area contributed by atoms with Crippen molar-refractivity contribution in [1.29, 1.82) is 0 Å². The molecular formula is C23H21F3N6O. The highest BCUT2D eigenvalue weighted by molar-refractivity contribution is 6.02. The van der Waals surface area contributed by atoms with Crippen molar-refractivity contribution in [1.82, 2.24) is 20.6 Å². The van der Waals surface area contributed by atoms with E-state index in [-0.39, 0.29) is 18.2 Å². The van der Waals surface area contributed by atoms with E-state index in [1.54, 1.807) is 13.0 Å². The average molecular weight is 454 g/mol. The van der Waals surface area contributed by atoms with Gasteiger partial charge in [0.2, 0.25) is 5.95 Å². The monoisotopic (exact) mass is 454 g/mol. The first-order chi connectivity index (χ1) is 15.9. The zero-order valence-corrected chi connectivity index (χ0v) is 17.8. The molecule has 3 heterocycles. The smallest absolute Gasteiger partial charge is 0.328 e. The number of amides is 2. The highest BCUT2D eigenvalue weighted by Gasteiger charge is 2.34. The van der Waals surface area contributed by atoms with Crippen LogP contribution in [-0.4, -0.2) is 42.2 Å². The fourth-order valence-electron chi connectivity index (χ4n) is 4.18. The van der Waals surface area contributed by atoms with Crippen LogP contribution in [0, 0.1) is 24.4 Å². The van der Waals surface area contributed by atoms with Gasteiger partial charge in [-0.1, -0.05) is 6.07 Å². The van der Waals surface area contributed by atoms with Gasteiger partial charge < -0.3 is 15.5 Å². The van der Waals surface area contributed by atoms with Gasteiger partial charge in [0.15, 0.2) is 5.82 Å². The number of halogens is 3. The molecule has 2 aliphatic heterocycles. The first-order valence-corrected chi connectivity index (χ1v) is 10.6. The second-order valence-electron chi connectivity index (χ2n) is 7.94. The molecule has 0 bridgehead atoms. The minimum absolute atomic E-state index is 0.0642. The van der Waals surface area contributed by atoms with Crippen LogP contribution in [0.2, 0.25) is 0 Å². The number of piperazine rings is 1. The lowest BCUT2D eigenvalue weighted by atomic mass is 10.00. The molecule has 10 heteroatoms. The summed E-state index contributed by atoms with van der Waals surface area (Å²) in [5, 5.41) is 5.91. The SMILES string of the molecule is Cc1cc(F)ccc1-c1nc(N2CCNCC2)nc2c1CNC(=O)N2c1c(F)cccc1F. The zero-order valence-electron chi connectivity index (χ0n) is 17.8. The Morgan fingerprint density at radius 2 is 1.73 bits per heavy atom. The maximum absolute atomic E-state index is 14.7. The normalized spacial score (nSPS) is 15.9. The molecule has 0 atom stereocenters. The topological polar surface area (TPSA) is 73.4 Å². The Morgan fingerprint density at radius 3 is 2.42 bits per heavy atom. The molecule has 0 spiro atoms. The van der Waals surface area contributed by atoms with Crippen molar-refractivity contribution in [3.63, 3.8) is 0 Å². The maximum atomic E-state index is 14.7. The first kappa shape index (κ1) is 21.2. The lowest BCUT2D eigenvalue weighted by Crippen LogP contribution is -2.46. The molecule has 7 nitrogen and oxygen atoms in total. The summed E-state index contributed by atoms with van der Waals surface area (Å²) in [6, 6.07) is 7.04. The fourth-order valence-corrected chi connectivity index (χ4v) is 4.18. The van der Waals surface area contributed by atoms with E-state index in [9.17, 15) is 18.0 Å². The van der Waals surface area contributed by atoms with Crippen molar-refractivity contribution in [3.8, 4) is 11.3 Å². The van der Waals surface area contributed by atoms with Crippen molar-refractivity contribution in [2.45, 2.75) is 13.5 Å². The number of rotatable bonds is 3. The molecule has 3 aromatic rings. The number of para-hydroxylation sites is 1. The lowest BCUT2D eigenvalue weighted by molar-refractivity contribution is 0.246. The zero-order chi connectivity index (χ0) is 23.1. The molecule has 1 saturated heterocycles. The number of carbonyl (C=O) groups is 1. The van der Waals surface area contributed by atoms with E-state index < -0.39 is 23.4 Å². The Morgan fingerprint density at radius 1 is 1.00 bits per heavy atom. The molecular weight excluding hydrogens is 433 g/mol. The van der Waals surface area contributed by atoms with Crippen molar-refractivity contribution in [2.24, 2.45) is 0 Å². The number of nitrogens with zero attached hydrogens (tertiary/aromatic N) is 4. The third-order valence-corrected chi connectivity index (χ3v) is 5.81. The highest BCUT2D eigenvalue weighted by atomic mass is 19.1. The number of benzene rings is 2. The highest BCUT2D eigenvalue weighted by Crippen LogP contribution is 2.39. The quantitative estimate of drug-likeness (QED) is 0.632. The molecule has 0 saturated carbocycles. The molecule has 1 fully saturated rings. The van der Waals surface area contributed by atoms with E-state index in [1.165, 1.54) is 18.2 Å². The molecule has 170 valence electrons. The van der Waals surface area contributed by atoms with Crippen LogP contribution in [-0.2, 0) is 6.54 Å². The van der Waals surface area contributed by atoms with Gasteiger partial charge in [-0.2, -0.15) is 4.98 Å². The van der Waals surface area contributed by atoms with E-state index in [2.05, 4.69) is 15.6 Å². The van der Waals surface area contributed by atoms with Crippen LogP contribution < -0.4 is 20.4 Å². The van der Waals surface area contributed by atoms with Crippen LogP contribution in [0.15, 0.2) is 36.4 Å². The van der Waals surface area contributed by atoms with Crippen LogP contribution in [0.25, 0.3) is 11.3 Å². The Labute approximate surface area is 188 Å². The number of urea groups is 1. The predicted molar refractivity (Wildman–Crippen MR) is 118 cm³/mol. The second kappa shape index (κ2) is 8.36. The summed E-state index contributed by atoms with van der Waals surface area (Å²) >= 11 is 0. The molecule has 0 unspecified atom stereocenters. The molecule has 2 amide bonds. The summed E-state index contributed by atoms with van der Waals surface area (Å²) in [7, 11) is 0. The number of hydrogen-bond donors (Lipinski definition) is 2. The van der Waals surface area contributed by atoms with E-state index >= 15 is 0 Å². The largest absolute Gasteiger partial charge is 0.338 e. The van der Waals surface area contributed by atoms with Gasteiger partial charge in [0.1, 0.15) is 23.1 Å². The van der Waals surface area contributed by atoms with Crippen molar-refractivity contribution < 1.29 is 18.0 Å². The summed E-state index contributed by atoms with van der Waals surface area (Å²) in [6.07, 6.45) is 0. The minimum Gasteiger partial charge on any atom is -0.338 e. The molecule has 2 aliphatic rings. The number of aryl methyl sites for hydroxylation is 1. The predicted octanol–water partition coefficient (Wildman–Crippen LogP) is 3.64. The van der Waals surface area contributed by atoms with Crippen molar-refractivity contribution in [2.75, 3.05) is 36.0 Å². The molecule has 1 aromatic heterocycles. The number of carbonyl (C=O) groups excluding carboxylic acids is 1. The Balaban J connectivity index is 1.77. The van der Waals surface area contributed by atoms with Crippen LogP contribution in [0.1, 0.15) is 11.1 Å². The average Bonchev–Trinajstić information content (AvgIpc) is 2.80. The Kier molecular flexibility index (Phi) is 5.37. The fraction of sp³-hybridized carbons (Fsp3) is 0.261. The van der Waals surface area contributed by atoms with Crippen LogP contribution in [0.4, 0.5) is 35.4 Å². The van der Waals surface area contributed by atoms with Gasteiger partial charge in [-0.3, -0.25) is 0 Å². The molecule has 0 radical (unpaired) electrons. The summed E-state index contributed by atoms with van der Waals surface area (Å²) in [6.45, 7) is 4.51. The molecule has 5 rings (SSSR count).